The molecule has 0 aliphatic rings. The van der Waals surface area contributed by atoms with Gasteiger partial charge in [-0.2, -0.15) is 0 Å². The number of quaternary nitrogens is 1. The number of hydrogen-bond donors (Lipinski definition) is 3. The minimum atomic E-state index is -0.327. The Kier molecular flexibility index (Phi) is 15.3. The van der Waals surface area contributed by atoms with E-state index in [1.165, 1.54) is 57.8 Å². The van der Waals surface area contributed by atoms with Crippen molar-refractivity contribution in [1.29, 1.82) is 0 Å². The molecule has 0 aliphatic heterocycles. The Morgan fingerprint density at radius 2 is 1.17 bits per heavy atom. The van der Waals surface area contributed by atoms with Crippen LogP contribution in [-0.4, -0.2) is 65.8 Å². The average molecular weight is 333 g/mol. The van der Waals surface area contributed by atoms with Gasteiger partial charge in [0, 0.05) is 0 Å². The number of hydrogen-bond acceptors (Lipinski definition) is 3. The minimum absolute atomic E-state index is 0.0987. The molecule has 140 valence electrons. The molecule has 0 saturated heterocycles. The standard InChI is InChI=1S/C19H42NO3/c1-3-4-5-6-7-8-9-10-11-12-13-19(23)18-20(2,14-16-21)15-17-22/h19,21-23H,3-18H2,1-2H3/q+1. The van der Waals surface area contributed by atoms with Crippen LogP contribution in [0.15, 0.2) is 0 Å². The second kappa shape index (κ2) is 15.4. The van der Waals surface area contributed by atoms with E-state index < -0.39 is 0 Å². The molecule has 3 N–H and O–H groups in total. The molecule has 0 fully saturated rings. The Morgan fingerprint density at radius 1 is 0.739 bits per heavy atom. The fraction of sp³-hybridized carbons (Fsp3) is 1.00. The van der Waals surface area contributed by atoms with Gasteiger partial charge in [0.25, 0.3) is 0 Å². The topological polar surface area (TPSA) is 60.7 Å². The maximum Gasteiger partial charge on any atom is 0.105 e. The second-order valence-corrected chi connectivity index (χ2v) is 7.32. The molecule has 1 atom stereocenters. The van der Waals surface area contributed by atoms with Crippen LogP contribution in [0.25, 0.3) is 0 Å². The van der Waals surface area contributed by atoms with Crippen molar-refractivity contribution < 1.29 is 19.8 Å². The van der Waals surface area contributed by atoms with Gasteiger partial charge in [-0.05, 0) is 6.42 Å². The van der Waals surface area contributed by atoms with Crippen LogP contribution < -0.4 is 0 Å². The predicted octanol–water partition coefficient (Wildman–Crippen LogP) is 3.09. The van der Waals surface area contributed by atoms with E-state index in [1.807, 2.05) is 7.05 Å². The molecule has 0 saturated carbocycles. The van der Waals surface area contributed by atoms with Crippen LogP contribution in [0.3, 0.4) is 0 Å². The third-order valence-corrected chi connectivity index (χ3v) is 4.82. The van der Waals surface area contributed by atoms with Crippen LogP contribution in [-0.2, 0) is 0 Å². The molecule has 0 amide bonds. The van der Waals surface area contributed by atoms with Crippen LogP contribution >= 0.6 is 0 Å². The highest BCUT2D eigenvalue weighted by molar-refractivity contribution is 4.57. The van der Waals surface area contributed by atoms with E-state index in [0.717, 1.165) is 12.8 Å². The lowest BCUT2D eigenvalue weighted by molar-refractivity contribution is -0.913. The summed E-state index contributed by atoms with van der Waals surface area (Å²) < 4.78 is 0.548. The maximum absolute atomic E-state index is 10.2. The van der Waals surface area contributed by atoms with Gasteiger partial charge in [-0.25, -0.2) is 0 Å². The van der Waals surface area contributed by atoms with Crippen LogP contribution in [0.1, 0.15) is 77.6 Å². The predicted molar refractivity (Wildman–Crippen MR) is 97.4 cm³/mol. The summed E-state index contributed by atoms with van der Waals surface area (Å²) in [6.45, 7) is 4.26. The van der Waals surface area contributed by atoms with Gasteiger partial charge >= 0.3 is 0 Å². The summed E-state index contributed by atoms with van der Waals surface area (Å²) >= 11 is 0. The maximum atomic E-state index is 10.2. The first-order chi connectivity index (χ1) is 11.1. The third-order valence-electron chi connectivity index (χ3n) is 4.82. The molecular weight excluding hydrogens is 290 g/mol. The van der Waals surface area contributed by atoms with Crippen molar-refractivity contribution in [2.75, 3.05) is 39.9 Å². The van der Waals surface area contributed by atoms with E-state index in [2.05, 4.69) is 6.92 Å². The fourth-order valence-corrected chi connectivity index (χ4v) is 3.24. The van der Waals surface area contributed by atoms with Crippen molar-refractivity contribution in [3.63, 3.8) is 0 Å². The third kappa shape index (κ3) is 13.9. The van der Waals surface area contributed by atoms with E-state index in [4.69, 9.17) is 10.2 Å². The van der Waals surface area contributed by atoms with E-state index >= 15 is 0 Å². The van der Waals surface area contributed by atoms with Gasteiger partial charge in [0.2, 0.25) is 0 Å². The summed E-state index contributed by atoms with van der Waals surface area (Å²) in [5.41, 5.74) is 0. The summed E-state index contributed by atoms with van der Waals surface area (Å²) in [7, 11) is 1.99. The second-order valence-electron chi connectivity index (χ2n) is 7.32. The van der Waals surface area contributed by atoms with Gasteiger partial charge < -0.3 is 19.8 Å². The van der Waals surface area contributed by atoms with Crippen molar-refractivity contribution in [2.45, 2.75) is 83.7 Å². The highest BCUT2D eigenvalue weighted by Gasteiger charge is 2.24. The van der Waals surface area contributed by atoms with E-state index in [0.29, 0.717) is 24.1 Å². The molecule has 0 spiro atoms. The first kappa shape index (κ1) is 22.8. The number of nitrogens with zero attached hydrogens (tertiary/aromatic N) is 1. The van der Waals surface area contributed by atoms with Crippen LogP contribution in [0.4, 0.5) is 0 Å². The molecule has 4 heteroatoms. The average Bonchev–Trinajstić information content (AvgIpc) is 2.49. The summed E-state index contributed by atoms with van der Waals surface area (Å²) in [5, 5.41) is 28.4. The zero-order valence-corrected chi connectivity index (χ0v) is 15.7. The molecular formula is C19H42NO3+. The first-order valence-corrected chi connectivity index (χ1v) is 9.81. The van der Waals surface area contributed by atoms with Gasteiger partial charge in [0.15, 0.2) is 0 Å². The van der Waals surface area contributed by atoms with E-state index in [1.54, 1.807) is 0 Å². The van der Waals surface area contributed by atoms with E-state index in [-0.39, 0.29) is 19.3 Å². The van der Waals surface area contributed by atoms with Crippen LogP contribution in [0, 0.1) is 0 Å². The van der Waals surface area contributed by atoms with Gasteiger partial charge in [-0.1, -0.05) is 71.1 Å². The number of aliphatic hydroxyl groups is 3. The molecule has 0 bridgehead atoms. The molecule has 0 radical (unpaired) electrons. The Labute approximate surface area is 144 Å². The molecule has 1 unspecified atom stereocenters. The van der Waals surface area contributed by atoms with Gasteiger partial charge in [-0.15, -0.1) is 0 Å². The lowest BCUT2D eigenvalue weighted by atomic mass is 10.0. The van der Waals surface area contributed by atoms with Gasteiger partial charge in [0.05, 0.1) is 20.3 Å². The Balaban J connectivity index is 3.56. The SMILES string of the molecule is CCCCCCCCCCCCC(O)C[N+](C)(CCO)CCO. The van der Waals surface area contributed by atoms with Gasteiger partial charge in [-0.3, -0.25) is 0 Å². The van der Waals surface area contributed by atoms with Crippen molar-refractivity contribution in [1.82, 2.24) is 0 Å². The Bertz CT molecular complexity index is 243. The van der Waals surface area contributed by atoms with Crippen molar-refractivity contribution >= 4 is 0 Å². The highest BCUT2D eigenvalue weighted by atomic mass is 16.3. The minimum Gasteiger partial charge on any atom is -0.391 e. The van der Waals surface area contributed by atoms with Crippen molar-refractivity contribution in [2.24, 2.45) is 0 Å². The van der Waals surface area contributed by atoms with E-state index in [9.17, 15) is 5.11 Å². The Hall–Kier alpha value is -0.160. The molecule has 0 aromatic carbocycles. The summed E-state index contributed by atoms with van der Waals surface area (Å²) in [4.78, 5) is 0. The number of rotatable bonds is 17. The van der Waals surface area contributed by atoms with Crippen LogP contribution in [0.2, 0.25) is 0 Å². The number of likely N-dealkylation sites (N-methyl/N-ethyl adjacent to an activating group) is 1. The lowest BCUT2D eigenvalue weighted by Gasteiger charge is -2.35. The Morgan fingerprint density at radius 3 is 1.61 bits per heavy atom. The lowest BCUT2D eigenvalue weighted by Crippen LogP contribution is -2.52. The quantitative estimate of drug-likeness (QED) is 0.283. The summed E-state index contributed by atoms with van der Waals surface area (Å²) in [6, 6.07) is 0. The summed E-state index contributed by atoms with van der Waals surface area (Å²) in [6.07, 6.45) is 13.6. The summed E-state index contributed by atoms with van der Waals surface area (Å²) in [5.74, 6) is 0. The molecule has 0 aliphatic carbocycles. The zero-order valence-electron chi connectivity index (χ0n) is 15.7. The number of aliphatic hydroxyl groups excluding tert-OH is 3. The van der Waals surface area contributed by atoms with Crippen molar-refractivity contribution in [3.8, 4) is 0 Å². The molecule has 23 heavy (non-hydrogen) atoms. The monoisotopic (exact) mass is 332 g/mol. The molecule has 0 aromatic rings. The fourth-order valence-electron chi connectivity index (χ4n) is 3.24. The molecule has 0 rings (SSSR count). The van der Waals surface area contributed by atoms with Crippen molar-refractivity contribution in [3.05, 3.63) is 0 Å². The zero-order chi connectivity index (χ0) is 17.4. The normalized spacial score (nSPS) is 13.4. The molecule has 4 nitrogen and oxygen atoms in total. The number of unbranched alkanes of at least 4 members (excludes halogenated alkanes) is 9. The first-order valence-electron chi connectivity index (χ1n) is 9.81. The van der Waals surface area contributed by atoms with Crippen LogP contribution in [0.5, 0.6) is 0 Å². The molecule has 0 aromatic heterocycles. The molecule has 0 heterocycles. The smallest absolute Gasteiger partial charge is 0.105 e. The largest absolute Gasteiger partial charge is 0.391 e. The van der Waals surface area contributed by atoms with Gasteiger partial charge in [0.1, 0.15) is 25.7 Å². The highest BCUT2D eigenvalue weighted by Crippen LogP contribution is 2.13.